The zero-order chi connectivity index (χ0) is 20.1. The minimum atomic E-state index is -0.382. The molecule has 0 unspecified atom stereocenters. The maximum Gasteiger partial charge on any atom is 0.292 e. The largest absolute Gasteiger partial charge is 0.497 e. The van der Waals surface area contributed by atoms with E-state index >= 15 is 0 Å². The lowest BCUT2D eigenvalue weighted by Gasteiger charge is -2.36. The Morgan fingerprint density at radius 3 is 2.39 bits per heavy atom. The van der Waals surface area contributed by atoms with Gasteiger partial charge in [-0.1, -0.05) is 0 Å². The monoisotopic (exact) mass is 384 g/mol. The number of carbonyl (C=O) groups excluding carboxylic acids is 1. The van der Waals surface area contributed by atoms with Crippen LogP contribution in [0.3, 0.4) is 0 Å². The number of rotatable bonds is 6. The summed E-state index contributed by atoms with van der Waals surface area (Å²) in [6.45, 7) is 5.04. The summed E-state index contributed by atoms with van der Waals surface area (Å²) in [5.74, 6) is 0.718. The first-order chi connectivity index (χ1) is 13.5. The van der Waals surface area contributed by atoms with Crippen LogP contribution in [0.4, 0.5) is 17.1 Å². The minimum Gasteiger partial charge on any atom is -0.497 e. The van der Waals surface area contributed by atoms with Crippen molar-refractivity contribution < 1.29 is 14.5 Å². The predicted molar refractivity (Wildman–Crippen MR) is 108 cm³/mol. The van der Waals surface area contributed by atoms with E-state index in [-0.39, 0.29) is 16.5 Å². The number of nitrogens with one attached hydrogen (secondary N) is 1. The van der Waals surface area contributed by atoms with Crippen molar-refractivity contribution in [2.24, 2.45) is 0 Å². The summed E-state index contributed by atoms with van der Waals surface area (Å²) in [5, 5.41) is 14.2. The van der Waals surface area contributed by atoms with Crippen molar-refractivity contribution in [1.82, 2.24) is 4.90 Å². The van der Waals surface area contributed by atoms with Gasteiger partial charge >= 0.3 is 0 Å². The number of hydrogen-bond donors (Lipinski definition) is 1. The molecule has 0 radical (unpaired) electrons. The third kappa shape index (κ3) is 4.16. The van der Waals surface area contributed by atoms with E-state index < -0.39 is 0 Å². The van der Waals surface area contributed by atoms with Crippen LogP contribution in [0.5, 0.6) is 5.75 Å². The van der Waals surface area contributed by atoms with Gasteiger partial charge in [0.2, 0.25) is 0 Å². The van der Waals surface area contributed by atoms with Crippen LogP contribution in [-0.4, -0.2) is 55.6 Å². The Bertz CT molecular complexity index is 846. The average molecular weight is 384 g/mol. The summed E-state index contributed by atoms with van der Waals surface area (Å²) in [5.41, 5.74) is 2.14. The van der Waals surface area contributed by atoms with Crippen LogP contribution >= 0.6 is 0 Å². The van der Waals surface area contributed by atoms with Gasteiger partial charge in [0, 0.05) is 50.0 Å². The number of amides is 1. The molecule has 3 rings (SSSR count). The van der Waals surface area contributed by atoms with E-state index in [9.17, 15) is 14.9 Å². The first-order valence-electron chi connectivity index (χ1n) is 9.24. The van der Waals surface area contributed by atoms with Crippen molar-refractivity contribution >= 4 is 23.0 Å². The summed E-state index contributed by atoms with van der Waals surface area (Å²) < 4.78 is 5.13. The smallest absolute Gasteiger partial charge is 0.292 e. The van der Waals surface area contributed by atoms with Gasteiger partial charge in [-0.05, 0) is 43.3 Å². The number of benzene rings is 2. The maximum atomic E-state index is 12.7. The number of piperazine rings is 1. The van der Waals surface area contributed by atoms with Crippen molar-refractivity contribution in [3.63, 3.8) is 0 Å². The van der Waals surface area contributed by atoms with E-state index in [2.05, 4.69) is 10.2 Å². The molecular formula is C20H24N4O4. The quantitative estimate of drug-likeness (QED) is 0.608. The highest BCUT2D eigenvalue weighted by molar-refractivity contribution is 5.94. The molecule has 2 aromatic rings. The van der Waals surface area contributed by atoms with Crippen LogP contribution in [0.2, 0.25) is 0 Å². The Morgan fingerprint density at radius 1 is 1.14 bits per heavy atom. The summed E-state index contributed by atoms with van der Waals surface area (Å²) in [6, 6.07) is 12.2. The van der Waals surface area contributed by atoms with Crippen LogP contribution in [0.15, 0.2) is 42.5 Å². The van der Waals surface area contributed by atoms with Gasteiger partial charge in [0.15, 0.2) is 0 Å². The van der Waals surface area contributed by atoms with Crippen molar-refractivity contribution in [3.05, 3.63) is 58.1 Å². The SMILES string of the molecule is CCNc1cc(N2CCN(C(=O)c3ccc(OC)cc3)CC2)ccc1[N+](=O)[O-]. The highest BCUT2D eigenvalue weighted by atomic mass is 16.6. The van der Waals surface area contributed by atoms with Gasteiger partial charge in [-0.3, -0.25) is 14.9 Å². The Kier molecular flexibility index (Phi) is 5.98. The molecule has 28 heavy (non-hydrogen) atoms. The predicted octanol–water partition coefficient (Wildman–Crippen LogP) is 3.00. The topological polar surface area (TPSA) is 88.0 Å². The summed E-state index contributed by atoms with van der Waals surface area (Å²) >= 11 is 0. The van der Waals surface area contributed by atoms with Crippen molar-refractivity contribution in [2.45, 2.75) is 6.92 Å². The van der Waals surface area contributed by atoms with E-state index in [0.717, 1.165) is 11.4 Å². The zero-order valence-corrected chi connectivity index (χ0v) is 16.1. The van der Waals surface area contributed by atoms with E-state index in [1.807, 2.05) is 17.9 Å². The number of nitro groups is 1. The molecule has 2 aromatic carbocycles. The second kappa shape index (κ2) is 8.60. The third-order valence-electron chi connectivity index (χ3n) is 4.81. The number of methoxy groups -OCH3 is 1. The van der Waals surface area contributed by atoms with Gasteiger partial charge in [0.25, 0.3) is 11.6 Å². The summed E-state index contributed by atoms with van der Waals surface area (Å²) in [7, 11) is 1.59. The summed E-state index contributed by atoms with van der Waals surface area (Å²) in [6.07, 6.45) is 0. The first kappa shape index (κ1) is 19.5. The Morgan fingerprint density at radius 2 is 1.82 bits per heavy atom. The molecule has 1 amide bonds. The van der Waals surface area contributed by atoms with E-state index in [1.165, 1.54) is 6.07 Å². The molecule has 1 saturated heterocycles. The molecule has 0 bridgehead atoms. The molecule has 0 saturated carbocycles. The number of hydrogen-bond acceptors (Lipinski definition) is 6. The molecule has 1 heterocycles. The van der Waals surface area contributed by atoms with Gasteiger partial charge in [-0.15, -0.1) is 0 Å². The normalized spacial score (nSPS) is 13.9. The summed E-state index contributed by atoms with van der Waals surface area (Å²) in [4.78, 5) is 27.4. The Hall–Kier alpha value is -3.29. The molecule has 8 heteroatoms. The molecule has 0 aromatic heterocycles. The van der Waals surface area contributed by atoms with Gasteiger partial charge in [0.05, 0.1) is 12.0 Å². The van der Waals surface area contributed by atoms with Crippen LogP contribution < -0.4 is 15.0 Å². The standard InChI is InChI=1S/C20H24N4O4/c1-3-21-18-14-16(6-9-19(18)24(26)27)22-10-12-23(13-11-22)20(25)15-4-7-17(28-2)8-5-15/h4-9,14,21H,3,10-13H2,1-2H3. The van der Waals surface area contributed by atoms with Crippen LogP contribution in [0.1, 0.15) is 17.3 Å². The second-order valence-electron chi connectivity index (χ2n) is 6.50. The fraction of sp³-hybridized carbons (Fsp3) is 0.350. The van der Waals surface area contributed by atoms with Gasteiger partial charge in [0.1, 0.15) is 11.4 Å². The third-order valence-corrected chi connectivity index (χ3v) is 4.81. The number of anilines is 2. The first-order valence-corrected chi connectivity index (χ1v) is 9.24. The molecule has 1 aliphatic rings. The van der Waals surface area contributed by atoms with Crippen molar-refractivity contribution in [2.75, 3.05) is 50.1 Å². The molecule has 8 nitrogen and oxygen atoms in total. The Labute approximate surface area is 163 Å². The average Bonchev–Trinajstić information content (AvgIpc) is 2.73. The zero-order valence-electron chi connectivity index (χ0n) is 16.1. The van der Waals surface area contributed by atoms with E-state index in [0.29, 0.717) is 44.0 Å². The molecular weight excluding hydrogens is 360 g/mol. The van der Waals surface area contributed by atoms with Crippen LogP contribution in [0.25, 0.3) is 0 Å². The lowest BCUT2D eigenvalue weighted by molar-refractivity contribution is -0.383. The lowest BCUT2D eigenvalue weighted by atomic mass is 10.1. The fourth-order valence-electron chi connectivity index (χ4n) is 3.30. The minimum absolute atomic E-state index is 0.000610. The van der Waals surface area contributed by atoms with Crippen molar-refractivity contribution in [1.29, 1.82) is 0 Å². The highest BCUT2D eigenvalue weighted by Gasteiger charge is 2.23. The fourth-order valence-corrected chi connectivity index (χ4v) is 3.30. The van der Waals surface area contributed by atoms with Crippen LogP contribution in [-0.2, 0) is 0 Å². The molecule has 0 aliphatic carbocycles. The molecule has 0 spiro atoms. The Balaban J connectivity index is 1.66. The molecule has 148 valence electrons. The molecule has 1 N–H and O–H groups in total. The number of carbonyl (C=O) groups is 1. The number of nitro benzene ring substituents is 1. The van der Waals surface area contributed by atoms with Crippen LogP contribution in [0, 0.1) is 10.1 Å². The van der Waals surface area contributed by atoms with Crippen molar-refractivity contribution in [3.8, 4) is 5.75 Å². The molecule has 0 atom stereocenters. The van der Waals surface area contributed by atoms with E-state index in [1.54, 1.807) is 37.4 Å². The maximum absolute atomic E-state index is 12.7. The highest BCUT2D eigenvalue weighted by Crippen LogP contribution is 2.30. The van der Waals surface area contributed by atoms with Gasteiger partial charge in [-0.25, -0.2) is 0 Å². The number of ether oxygens (including phenoxy) is 1. The van der Waals surface area contributed by atoms with Gasteiger partial charge in [-0.2, -0.15) is 0 Å². The molecule has 1 aliphatic heterocycles. The van der Waals surface area contributed by atoms with E-state index in [4.69, 9.17) is 4.74 Å². The second-order valence-corrected chi connectivity index (χ2v) is 6.50. The van der Waals surface area contributed by atoms with Gasteiger partial charge < -0.3 is 19.9 Å². The number of nitrogens with zero attached hydrogens (tertiary/aromatic N) is 3. The lowest BCUT2D eigenvalue weighted by Crippen LogP contribution is -2.48. The molecule has 1 fully saturated rings.